The number of carbonyl (C=O) groups is 4. The number of alkyl carbamates (subject to hydrolysis) is 2. The molecule has 0 aliphatic carbocycles. The van der Waals surface area contributed by atoms with Gasteiger partial charge in [0.05, 0.1) is 55.0 Å². The van der Waals surface area contributed by atoms with Crippen LogP contribution in [0, 0.1) is 11.8 Å². The second kappa shape index (κ2) is 18.3. The largest absolute Gasteiger partial charge is 0.488 e. The third-order valence-electron chi connectivity index (χ3n) is 13.7. The minimum absolute atomic E-state index is 0.0603. The molecule has 4 N–H and O–H groups in total. The van der Waals surface area contributed by atoms with Crippen molar-refractivity contribution in [2.45, 2.75) is 63.9 Å². The van der Waals surface area contributed by atoms with Crippen molar-refractivity contribution in [3.05, 3.63) is 114 Å². The Bertz CT molecular complexity index is 3080. The van der Waals surface area contributed by atoms with Gasteiger partial charge in [-0.2, -0.15) is 0 Å². The van der Waals surface area contributed by atoms with Crippen LogP contribution in [0.4, 0.5) is 9.59 Å². The van der Waals surface area contributed by atoms with Crippen LogP contribution in [0.3, 0.4) is 0 Å². The molecule has 5 heterocycles. The van der Waals surface area contributed by atoms with Crippen molar-refractivity contribution in [2.75, 3.05) is 41.0 Å². The summed E-state index contributed by atoms with van der Waals surface area (Å²) in [5.74, 6) is 1.68. The first kappa shape index (κ1) is 44.4. The van der Waals surface area contributed by atoms with Crippen LogP contribution in [0.25, 0.3) is 55.1 Å². The van der Waals surface area contributed by atoms with Gasteiger partial charge in [-0.1, -0.05) is 68.4 Å². The Morgan fingerprint density at radius 3 is 2.29 bits per heavy atom. The monoisotopic (exact) mass is 918 g/mol. The van der Waals surface area contributed by atoms with E-state index in [1.165, 1.54) is 14.2 Å². The third-order valence-corrected chi connectivity index (χ3v) is 13.7. The van der Waals surface area contributed by atoms with E-state index >= 15 is 0 Å². The van der Waals surface area contributed by atoms with E-state index in [1.807, 2.05) is 61.2 Å². The lowest BCUT2D eigenvalue weighted by atomic mass is 9.91. The van der Waals surface area contributed by atoms with E-state index in [2.05, 4.69) is 69.1 Å². The molecule has 0 saturated carbocycles. The van der Waals surface area contributed by atoms with Crippen molar-refractivity contribution in [2.24, 2.45) is 11.8 Å². The summed E-state index contributed by atoms with van der Waals surface area (Å²) in [6.07, 6.45) is 0.906. The molecular formula is C52H54N8O8. The summed E-state index contributed by atoms with van der Waals surface area (Å²) in [4.78, 5) is 73.5. The van der Waals surface area contributed by atoms with Crippen molar-refractivity contribution < 1.29 is 38.1 Å². The topological polar surface area (TPSA) is 193 Å². The Labute approximate surface area is 392 Å². The van der Waals surface area contributed by atoms with E-state index in [9.17, 15) is 19.2 Å². The number of benzene rings is 5. The number of hydrogen-bond donors (Lipinski definition) is 4. The SMILES string of the molecule is COC[C@H]1C[C@@H](c2nc3ccc4cc5c(cc4c3[nH]2)OCc2cc(-c3ccc4nc(C6CCCN6C(=O)[C@@H](NC(=O)OC)C(C)C)[nH]c4c3)ccc2-5)N(C(=O)[C@H](NC(=O)OC)c2ccccc2)C1. The lowest BCUT2D eigenvalue weighted by molar-refractivity contribution is -0.136. The summed E-state index contributed by atoms with van der Waals surface area (Å²) in [7, 11) is 4.23. The molecule has 0 spiro atoms. The normalized spacial score (nSPS) is 18.6. The number of carbonyl (C=O) groups excluding carboxylic acids is 4. The van der Waals surface area contributed by atoms with Gasteiger partial charge in [-0.3, -0.25) is 9.59 Å². The van der Waals surface area contributed by atoms with Gasteiger partial charge in [0.2, 0.25) is 5.91 Å². The molecule has 5 atom stereocenters. The Kier molecular flexibility index (Phi) is 12.0. The molecule has 0 radical (unpaired) electrons. The summed E-state index contributed by atoms with van der Waals surface area (Å²) in [6, 6.07) is 27.8. The number of H-pyrrole nitrogens is 2. The molecule has 2 aromatic heterocycles. The molecule has 1 unspecified atom stereocenters. The predicted octanol–water partition coefficient (Wildman–Crippen LogP) is 8.50. The van der Waals surface area contributed by atoms with Crippen molar-refractivity contribution in [1.29, 1.82) is 0 Å². The van der Waals surface area contributed by atoms with E-state index in [1.54, 1.807) is 12.0 Å². The second-order valence-corrected chi connectivity index (χ2v) is 18.3. The summed E-state index contributed by atoms with van der Waals surface area (Å²) in [5, 5.41) is 7.44. The number of fused-ring (bicyclic) bond motifs is 7. The average molecular weight is 919 g/mol. The fraction of sp³-hybridized carbons (Fsp3) is 0.346. The van der Waals surface area contributed by atoms with E-state index < -0.39 is 30.3 Å². The first-order valence-electron chi connectivity index (χ1n) is 23.1. The maximum Gasteiger partial charge on any atom is 0.407 e. The first-order valence-corrected chi connectivity index (χ1v) is 23.1. The highest BCUT2D eigenvalue weighted by Gasteiger charge is 2.42. The van der Waals surface area contributed by atoms with Crippen LogP contribution in [0.15, 0.2) is 91.0 Å². The molecular weight excluding hydrogens is 865 g/mol. The lowest BCUT2D eigenvalue weighted by Gasteiger charge is -2.29. The maximum absolute atomic E-state index is 14.4. The van der Waals surface area contributed by atoms with Crippen LogP contribution in [0.1, 0.15) is 74.0 Å². The van der Waals surface area contributed by atoms with Crippen LogP contribution in [-0.2, 0) is 30.4 Å². The zero-order chi connectivity index (χ0) is 47.2. The van der Waals surface area contributed by atoms with Crippen LogP contribution in [-0.4, -0.2) is 101 Å². The molecule has 0 bridgehead atoms. The number of nitrogens with zero attached hydrogens (tertiary/aromatic N) is 4. The number of aromatic amines is 2. The van der Waals surface area contributed by atoms with E-state index in [0.717, 1.165) is 85.1 Å². The molecule has 350 valence electrons. The van der Waals surface area contributed by atoms with Gasteiger partial charge in [0.25, 0.3) is 5.91 Å². The van der Waals surface area contributed by atoms with Crippen LogP contribution >= 0.6 is 0 Å². The van der Waals surface area contributed by atoms with Crippen molar-refractivity contribution in [3.63, 3.8) is 0 Å². The lowest BCUT2D eigenvalue weighted by Crippen LogP contribution is -2.51. The molecule has 16 heteroatoms. The number of hydrogen-bond acceptors (Lipinski definition) is 10. The Hall–Kier alpha value is -7.46. The Morgan fingerprint density at radius 2 is 1.51 bits per heavy atom. The smallest absolute Gasteiger partial charge is 0.407 e. The van der Waals surface area contributed by atoms with Gasteiger partial charge >= 0.3 is 12.2 Å². The number of methoxy groups -OCH3 is 3. The van der Waals surface area contributed by atoms with Gasteiger partial charge in [-0.15, -0.1) is 0 Å². The van der Waals surface area contributed by atoms with E-state index in [-0.39, 0.29) is 29.7 Å². The highest BCUT2D eigenvalue weighted by molar-refractivity contribution is 6.07. The van der Waals surface area contributed by atoms with E-state index in [0.29, 0.717) is 44.1 Å². The van der Waals surface area contributed by atoms with Gasteiger partial charge in [-0.05, 0) is 94.8 Å². The minimum atomic E-state index is -0.954. The number of imidazole rings is 2. The zero-order valence-electron chi connectivity index (χ0n) is 38.6. The van der Waals surface area contributed by atoms with Gasteiger partial charge in [0, 0.05) is 37.1 Å². The van der Waals surface area contributed by atoms with Crippen LogP contribution < -0.4 is 15.4 Å². The number of likely N-dealkylation sites (tertiary alicyclic amines) is 2. The Morgan fingerprint density at radius 1 is 0.779 bits per heavy atom. The summed E-state index contributed by atoms with van der Waals surface area (Å²) in [6.45, 7) is 5.68. The first-order chi connectivity index (χ1) is 33.0. The molecule has 3 aliphatic rings. The molecule has 7 aromatic rings. The minimum Gasteiger partial charge on any atom is -0.488 e. The highest BCUT2D eigenvalue weighted by atomic mass is 16.5. The van der Waals surface area contributed by atoms with Crippen LogP contribution in [0.2, 0.25) is 0 Å². The quantitative estimate of drug-likeness (QED) is 0.0978. The van der Waals surface area contributed by atoms with Gasteiger partial charge in [0.1, 0.15) is 36.1 Å². The van der Waals surface area contributed by atoms with Crippen molar-refractivity contribution >= 4 is 56.8 Å². The number of ether oxygens (including phenoxy) is 4. The van der Waals surface area contributed by atoms with Crippen LogP contribution in [0.5, 0.6) is 5.75 Å². The highest BCUT2D eigenvalue weighted by Crippen LogP contribution is 2.44. The van der Waals surface area contributed by atoms with E-state index in [4.69, 9.17) is 28.9 Å². The number of aromatic nitrogens is 4. The maximum atomic E-state index is 14.4. The third kappa shape index (κ3) is 8.22. The fourth-order valence-corrected chi connectivity index (χ4v) is 10.3. The average Bonchev–Trinajstić information content (AvgIpc) is 4.19. The zero-order valence-corrected chi connectivity index (χ0v) is 38.6. The molecule has 2 fully saturated rings. The molecule has 5 aromatic carbocycles. The molecule has 10 rings (SSSR count). The van der Waals surface area contributed by atoms with Crippen molar-refractivity contribution in [1.82, 2.24) is 40.4 Å². The second-order valence-electron chi connectivity index (χ2n) is 18.3. The predicted molar refractivity (Wildman–Crippen MR) is 255 cm³/mol. The standard InChI is InChI=1S/C52H54N8O8/c1-28(2)44(57-51(63)66-4)49(61)59-19-9-12-41(59)47-53-38-17-14-32(23-40(38)55-47)31-13-16-35-34(21-31)27-68-43-24-36-33(22-37(35)43)15-18-39-46(36)56-48(54-39)42-20-29(26-65-3)25-60(42)50(62)45(58-52(64)67-5)30-10-7-6-8-11-30/h6-8,10-11,13-18,21-24,28-29,41-42,44-45H,9,12,19-20,25-27H2,1-5H3,(H,53,55)(H,54,56)(H,57,63)(H,58,64)/t29-,41?,42-,44-,45+/m0/s1. The van der Waals surface area contributed by atoms with Gasteiger partial charge < -0.3 is 49.3 Å². The molecule has 4 amide bonds. The van der Waals surface area contributed by atoms with Crippen molar-refractivity contribution in [3.8, 4) is 28.0 Å². The summed E-state index contributed by atoms with van der Waals surface area (Å²) in [5.41, 5.74) is 9.16. The molecule has 3 aliphatic heterocycles. The molecule has 68 heavy (non-hydrogen) atoms. The molecule has 16 nitrogen and oxygen atoms in total. The molecule has 2 saturated heterocycles. The number of rotatable bonds is 11. The number of nitrogens with one attached hydrogen (secondary N) is 4. The van der Waals surface area contributed by atoms with Gasteiger partial charge in [-0.25, -0.2) is 19.6 Å². The summed E-state index contributed by atoms with van der Waals surface area (Å²) >= 11 is 0. The summed E-state index contributed by atoms with van der Waals surface area (Å²) < 4.78 is 21.8. The fourth-order valence-electron chi connectivity index (χ4n) is 10.3. The number of amides is 4. The van der Waals surface area contributed by atoms with Gasteiger partial charge in [0.15, 0.2) is 0 Å². The Balaban J connectivity index is 0.912.